The molecule has 1 aromatic rings. The smallest absolute Gasteiger partial charge is 0.251 e. The van der Waals surface area contributed by atoms with Crippen LogP contribution in [0.2, 0.25) is 0 Å². The number of carbonyl (C=O) groups excluding carboxylic acids is 1. The summed E-state index contributed by atoms with van der Waals surface area (Å²) in [6, 6.07) is 8.45. The molecule has 2 N–H and O–H groups in total. The minimum atomic E-state index is -0.00906. The Balaban J connectivity index is 2.63. The number of rotatable bonds is 8. The molecule has 0 aliphatic carbocycles. The number of hydrogen-bond acceptors (Lipinski definition) is 2. The summed E-state index contributed by atoms with van der Waals surface area (Å²) in [7, 11) is 0. The Hall–Kier alpha value is -1.51. The molecule has 20 heavy (non-hydrogen) atoms. The zero-order chi connectivity index (χ0) is 15.0. The second-order valence-electron chi connectivity index (χ2n) is 5.62. The predicted octanol–water partition coefficient (Wildman–Crippen LogP) is 4.21. The molecule has 0 saturated carbocycles. The summed E-state index contributed by atoms with van der Waals surface area (Å²) in [5, 5.41) is 6.46. The Morgan fingerprint density at radius 1 is 1.05 bits per heavy atom. The van der Waals surface area contributed by atoms with Crippen molar-refractivity contribution in [2.45, 2.75) is 65.5 Å². The fourth-order valence-electron chi connectivity index (χ4n) is 2.28. The molecule has 0 saturated heterocycles. The minimum Gasteiger partial charge on any atom is -0.382 e. The van der Waals surface area contributed by atoms with Crippen molar-refractivity contribution in [2.24, 2.45) is 0 Å². The van der Waals surface area contributed by atoms with Crippen LogP contribution in [0, 0.1) is 0 Å². The Bertz CT molecular complexity index is 392. The first kappa shape index (κ1) is 16.5. The molecule has 112 valence electrons. The third-order valence-electron chi connectivity index (χ3n) is 3.21. The van der Waals surface area contributed by atoms with Gasteiger partial charge in [0, 0.05) is 23.3 Å². The summed E-state index contributed by atoms with van der Waals surface area (Å²) >= 11 is 0. The summed E-state index contributed by atoms with van der Waals surface area (Å²) in [5.74, 6) is -0.00906. The van der Waals surface area contributed by atoms with E-state index in [1.54, 1.807) is 0 Å². The molecule has 1 rings (SSSR count). The maximum absolute atomic E-state index is 11.9. The number of anilines is 1. The van der Waals surface area contributed by atoms with Gasteiger partial charge in [-0.25, -0.2) is 0 Å². The molecule has 0 atom stereocenters. The van der Waals surface area contributed by atoms with Gasteiger partial charge in [0.05, 0.1) is 0 Å². The number of nitrogens with one attached hydrogen (secondary N) is 2. The molecule has 0 spiro atoms. The lowest BCUT2D eigenvalue weighted by atomic mass is 10.1. The second-order valence-corrected chi connectivity index (χ2v) is 5.62. The standard InChI is InChI=1S/C17H28N2O/c1-5-7-15(8-6-2)19-16-11-9-14(10-12-16)17(20)18-13(3)4/h9-13,15,19H,5-8H2,1-4H3,(H,18,20). The molecule has 1 aromatic carbocycles. The molecule has 0 bridgehead atoms. The normalized spacial score (nSPS) is 10.9. The van der Waals surface area contributed by atoms with E-state index in [-0.39, 0.29) is 11.9 Å². The molecule has 3 heteroatoms. The molecule has 0 aromatic heterocycles. The van der Waals surface area contributed by atoms with Gasteiger partial charge in [-0.05, 0) is 51.0 Å². The van der Waals surface area contributed by atoms with E-state index < -0.39 is 0 Å². The molecule has 0 radical (unpaired) electrons. The third-order valence-corrected chi connectivity index (χ3v) is 3.21. The Morgan fingerprint density at radius 2 is 1.60 bits per heavy atom. The Labute approximate surface area is 123 Å². The maximum Gasteiger partial charge on any atom is 0.251 e. The highest BCUT2D eigenvalue weighted by molar-refractivity contribution is 5.94. The van der Waals surface area contributed by atoms with Gasteiger partial charge >= 0.3 is 0 Å². The van der Waals surface area contributed by atoms with Crippen molar-refractivity contribution in [3.05, 3.63) is 29.8 Å². The number of amides is 1. The van der Waals surface area contributed by atoms with E-state index in [1.807, 2.05) is 38.1 Å². The average molecular weight is 276 g/mol. The van der Waals surface area contributed by atoms with Gasteiger partial charge < -0.3 is 10.6 Å². The van der Waals surface area contributed by atoms with Crippen molar-refractivity contribution >= 4 is 11.6 Å². The zero-order valence-electron chi connectivity index (χ0n) is 13.2. The highest BCUT2D eigenvalue weighted by Gasteiger charge is 2.09. The lowest BCUT2D eigenvalue weighted by Gasteiger charge is -2.19. The van der Waals surface area contributed by atoms with E-state index in [0.717, 1.165) is 5.69 Å². The molecular formula is C17H28N2O. The first-order valence-electron chi connectivity index (χ1n) is 7.74. The van der Waals surface area contributed by atoms with E-state index in [2.05, 4.69) is 24.5 Å². The molecule has 3 nitrogen and oxygen atoms in total. The fourth-order valence-corrected chi connectivity index (χ4v) is 2.28. The van der Waals surface area contributed by atoms with Gasteiger partial charge in [-0.15, -0.1) is 0 Å². The van der Waals surface area contributed by atoms with E-state index in [1.165, 1.54) is 25.7 Å². The first-order chi connectivity index (χ1) is 9.56. The van der Waals surface area contributed by atoms with Crippen LogP contribution < -0.4 is 10.6 Å². The quantitative estimate of drug-likeness (QED) is 0.747. The van der Waals surface area contributed by atoms with Crippen LogP contribution in [0.5, 0.6) is 0 Å². The van der Waals surface area contributed by atoms with Crippen LogP contribution in [-0.2, 0) is 0 Å². The largest absolute Gasteiger partial charge is 0.382 e. The first-order valence-corrected chi connectivity index (χ1v) is 7.74. The molecule has 1 amide bonds. The van der Waals surface area contributed by atoms with Crippen LogP contribution in [-0.4, -0.2) is 18.0 Å². The van der Waals surface area contributed by atoms with Crippen molar-refractivity contribution in [1.29, 1.82) is 0 Å². The Kier molecular flexibility index (Phi) is 7.13. The summed E-state index contributed by atoms with van der Waals surface area (Å²) in [6.45, 7) is 8.36. The Morgan fingerprint density at radius 3 is 2.05 bits per heavy atom. The molecule has 0 fully saturated rings. The fraction of sp³-hybridized carbons (Fsp3) is 0.588. The van der Waals surface area contributed by atoms with Crippen molar-refractivity contribution in [3.63, 3.8) is 0 Å². The van der Waals surface area contributed by atoms with Gasteiger partial charge in [-0.3, -0.25) is 4.79 Å². The van der Waals surface area contributed by atoms with Crippen molar-refractivity contribution in [3.8, 4) is 0 Å². The molecule has 0 unspecified atom stereocenters. The topological polar surface area (TPSA) is 41.1 Å². The second kappa shape index (κ2) is 8.62. The molecule has 0 heterocycles. The summed E-state index contributed by atoms with van der Waals surface area (Å²) in [6.07, 6.45) is 4.74. The van der Waals surface area contributed by atoms with Gasteiger partial charge in [0.15, 0.2) is 0 Å². The maximum atomic E-state index is 11.9. The highest BCUT2D eigenvalue weighted by atomic mass is 16.1. The van der Waals surface area contributed by atoms with Gasteiger partial charge in [0.25, 0.3) is 5.91 Å². The van der Waals surface area contributed by atoms with Gasteiger partial charge in [0.2, 0.25) is 0 Å². The van der Waals surface area contributed by atoms with Crippen molar-refractivity contribution in [2.75, 3.05) is 5.32 Å². The van der Waals surface area contributed by atoms with Crippen molar-refractivity contribution in [1.82, 2.24) is 5.32 Å². The number of carbonyl (C=O) groups is 1. The lowest BCUT2D eigenvalue weighted by molar-refractivity contribution is 0.0943. The zero-order valence-corrected chi connectivity index (χ0v) is 13.2. The van der Waals surface area contributed by atoms with Gasteiger partial charge in [-0.2, -0.15) is 0 Å². The molecule has 0 aliphatic rings. The van der Waals surface area contributed by atoms with Crippen LogP contribution in [0.4, 0.5) is 5.69 Å². The average Bonchev–Trinajstić information content (AvgIpc) is 2.39. The van der Waals surface area contributed by atoms with Gasteiger partial charge in [0.1, 0.15) is 0 Å². The minimum absolute atomic E-state index is 0.00906. The van der Waals surface area contributed by atoms with Gasteiger partial charge in [-0.1, -0.05) is 26.7 Å². The highest BCUT2D eigenvalue weighted by Crippen LogP contribution is 2.15. The van der Waals surface area contributed by atoms with Crippen LogP contribution in [0.3, 0.4) is 0 Å². The SMILES string of the molecule is CCCC(CCC)Nc1ccc(C(=O)NC(C)C)cc1. The lowest BCUT2D eigenvalue weighted by Crippen LogP contribution is -2.30. The van der Waals surface area contributed by atoms with Crippen LogP contribution >= 0.6 is 0 Å². The molecule has 0 aliphatic heterocycles. The van der Waals surface area contributed by atoms with Crippen LogP contribution in [0.1, 0.15) is 63.7 Å². The van der Waals surface area contributed by atoms with E-state index >= 15 is 0 Å². The van der Waals surface area contributed by atoms with E-state index in [4.69, 9.17) is 0 Å². The summed E-state index contributed by atoms with van der Waals surface area (Å²) in [5.41, 5.74) is 1.81. The molecular weight excluding hydrogens is 248 g/mol. The summed E-state index contributed by atoms with van der Waals surface area (Å²) in [4.78, 5) is 11.9. The number of hydrogen-bond donors (Lipinski definition) is 2. The van der Waals surface area contributed by atoms with Crippen LogP contribution in [0.25, 0.3) is 0 Å². The van der Waals surface area contributed by atoms with E-state index in [9.17, 15) is 4.79 Å². The third kappa shape index (κ3) is 5.64. The van der Waals surface area contributed by atoms with E-state index in [0.29, 0.717) is 11.6 Å². The van der Waals surface area contributed by atoms with Crippen LogP contribution in [0.15, 0.2) is 24.3 Å². The monoisotopic (exact) mass is 276 g/mol. The predicted molar refractivity (Wildman–Crippen MR) is 86.3 cm³/mol. The summed E-state index contributed by atoms with van der Waals surface area (Å²) < 4.78 is 0. The number of benzene rings is 1. The van der Waals surface area contributed by atoms with Crippen molar-refractivity contribution < 1.29 is 4.79 Å².